The molecule has 8 nitrogen and oxygen atoms in total. The Kier molecular flexibility index (Phi) is 6.08. The first-order valence-corrected chi connectivity index (χ1v) is 9.96. The molecule has 2 heterocycles. The molecule has 0 radical (unpaired) electrons. The van der Waals surface area contributed by atoms with Crippen molar-refractivity contribution in [1.29, 1.82) is 5.26 Å². The summed E-state index contributed by atoms with van der Waals surface area (Å²) in [5, 5.41) is 20.0. The number of H-pyrrole nitrogens is 1. The molecular weight excluding hydrogens is 396 g/mol. The summed E-state index contributed by atoms with van der Waals surface area (Å²) < 4.78 is 0.688. The van der Waals surface area contributed by atoms with Crippen LogP contribution in [0.25, 0.3) is 11.3 Å². The summed E-state index contributed by atoms with van der Waals surface area (Å²) in [4.78, 5) is 27.7. The van der Waals surface area contributed by atoms with Gasteiger partial charge in [-0.25, -0.2) is 4.98 Å². The number of thioether (sulfide) groups is 1. The van der Waals surface area contributed by atoms with Gasteiger partial charge in [-0.2, -0.15) is 10.4 Å². The number of anilines is 1. The predicted octanol–water partition coefficient (Wildman–Crippen LogP) is 2.55. The van der Waals surface area contributed by atoms with Crippen LogP contribution in [-0.2, 0) is 16.0 Å². The molecule has 2 amide bonds. The summed E-state index contributed by atoms with van der Waals surface area (Å²) in [5.41, 5.74) is 7.89. The van der Waals surface area contributed by atoms with E-state index in [0.717, 1.165) is 5.56 Å². The first-order chi connectivity index (χ1) is 13.4. The molecule has 0 saturated carbocycles. The van der Waals surface area contributed by atoms with E-state index in [9.17, 15) is 9.59 Å². The first-order valence-electron chi connectivity index (χ1n) is 8.21. The topological polar surface area (TPSA) is 138 Å². The SMILES string of the molecule is CC(Sc1nc(CC(=O)Nc2cc(-c3cccc(C#N)c3)[nH]n2)cs1)C(N)=O. The summed E-state index contributed by atoms with van der Waals surface area (Å²) in [7, 11) is 0. The van der Waals surface area contributed by atoms with E-state index >= 15 is 0 Å². The molecule has 1 aromatic carbocycles. The maximum Gasteiger partial charge on any atom is 0.231 e. The van der Waals surface area contributed by atoms with Crippen molar-refractivity contribution in [1.82, 2.24) is 15.2 Å². The van der Waals surface area contributed by atoms with Gasteiger partial charge in [-0.3, -0.25) is 14.7 Å². The van der Waals surface area contributed by atoms with E-state index in [2.05, 4.69) is 26.6 Å². The molecular formula is C18H16N6O2S2. The zero-order valence-corrected chi connectivity index (χ0v) is 16.4. The molecule has 0 bridgehead atoms. The van der Waals surface area contributed by atoms with Crippen molar-refractivity contribution < 1.29 is 9.59 Å². The van der Waals surface area contributed by atoms with Crippen molar-refractivity contribution in [2.45, 2.75) is 22.9 Å². The van der Waals surface area contributed by atoms with E-state index in [1.165, 1.54) is 23.1 Å². The van der Waals surface area contributed by atoms with Gasteiger partial charge in [0.25, 0.3) is 0 Å². The van der Waals surface area contributed by atoms with Gasteiger partial charge in [0.05, 0.1) is 34.7 Å². The Balaban J connectivity index is 1.60. The lowest BCUT2D eigenvalue weighted by atomic mass is 10.1. The maximum absolute atomic E-state index is 12.2. The normalized spacial score (nSPS) is 11.6. The number of benzene rings is 1. The number of hydrogen-bond donors (Lipinski definition) is 3. The lowest BCUT2D eigenvalue weighted by molar-refractivity contribution is -0.117. The number of aromatic amines is 1. The number of primary amides is 1. The van der Waals surface area contributed by atoms with Crippen molar-refractivity contribution in [3.8, 4) is 17.3 Å². The van der Waals surface area contributed by atoms with Crippen LogP contribution < -0.4 is 11.1 Å². The number of nitrogens with one attached hydrogen (secondary N) is 2. The van der Waals surface area contributed by atoms with Crippen LogP contribution in [0.3, 0.4) is 0 Å². The van der Waals surface area contributed by atoms with Gasteiger partial charge in [0.15, 0.2) is 10.2 Å². The molecule has 0 fully saturated rings. The minimum absolute atomic E-state index is 0.0914. The number of thiazole rings is 1. The molecule has 0 saturated heterocycles. The molecule has 0 aliphatic heterocycles. The second-order valence-corrected chi connectivity index (χ2v) is 8.30. The van der Waals surface area contributed by atoms with Gasteiger partial charge in [0, 0.05) is 17.0 Å². The monoisotopic (exact) mass is 412 g/mol. The molecule has 0 spiro atoms. The van der Waals surface area contributed by atoms with E-state index in [4.69, 9.17) is 11.0 Å². The molecule has 0 aliphatic rings. The molecule has 28 heavy (non-hydrogen) atoms. The average molecular weight is 413 g/mol. The Morgan fingerprint density at radius 2 is 2.25 bits per heavy atom. The van der Waals surface area contributed by atoms with Crippen LogP contribution in [0.5, 0.6) is 0 Å². The standard InChI is InChI=1S/C18H16N6O2S2/c1-10(17(20)26)28-18-21-13(9-27-18)6-16(25)22-15-7-14(23-24-15)12-4-2-3-11(5-12)8-19/h2-5,7,9-10H,6H2,1H3,(H2,20,26)(H2,22,23,24,25). The Bertz CT molecular complexity index is 1050. The highest BCUT2D eigenvalue weighted by Gasteiger charge is 2.15. The molecule has 1 atom stereocenters. The van der Waals surface area contributed by atoms with E-state index in [0.29, 0.717) is 27.1 Å². The van der Waals surface area contributed by atoms with Crippen LogP contribution in [0.15, 0.2) is 40.1 Å². The van der Waals surface area contributed by atoms with Crippen molar-refractivity contribution in [2.24, 2.45) is 5.73 Å². The van der Waals surface area contributed by atoms with Gasteiger partial charge in [-0.15, -0.1) is 11.3 Å². The number of aromatic nitrogens is 3. The van der Waals surface area contributed by atoms with Crippen LogP contribution >= 0.6 is 23.1 Å². The second kappa shape index (κ2) is 8.69. The quantitative estimate of drug-likeness (QED) is 0.510. The summed E-state index contributed by atoms with van der Waals surface area (Å²) in [6.07, 6.45) is 0.0914. The Morgan fingerprint density at radius 1 is 1.43 bits per heavy atom. The third-order valence-corrected chi connectivity index (χ3v) is 5.84. The third-order valence-electron chi connectivity index (χ3n) is 3.70. The number of carbonyl (C=O) groups excluding carboxylic acids is 2. The van der Waals surface area contributed by atoms with Crippen LogP contribution in [0, 0.1) is 11.3 Å². The van der Waals surface area contributed by atoms with Crippen molar-refractivity contribution in [2.75, 3.05) is 5.32 Å². The molecule has 4 N–H and O–H groups in total. The fraction of sp³-hybridized carbons (Fsp3) is 0.167. The zero-order chi connectivity index (χ0) is 20.1. The molecule has 3 aromatic rings. The number of nitriles is 1. The maximum atomic E-state index is 12.2. The summed E-state index contributed by atoms with van der Waals surface area (Å²) in [6, 6.07) is 10.9. The number of rotatable bonds is 7. The number of nitrogens with two attached hydrogens (primary N) is 1. The lowest BCUT2D eigenvalue weighted by Crippen LogP contribution is -2.22. The molecule has 142 valence electrons. The Morgan fingerprint density at radius 3 is 3.00 bits per heavy atom. The minimum Gasteiger partial charge on any atom is -0.369 e. The van der Waals surface area contributed by atoms with Crippen molar-refractivity contribution in [3.05, 3.63) is 47.0 Å². The summed E-state index contributed by atoms with van der Waals surface area (Å²) in [6.45, 7) is 1.71. The van der Waals surface area contributed by atoms with Crippen LogP contribution in [0.4, 0.5) is 5.82 Å². The lowest BCUT2D eigenvalue weighted by Gasteiger charge is -2.02. The van der Waals surface area contributed by atoms with E-state index < -0.39 is 5.91 Å². The van der Waals surface area contributed by atoms with Gasteiger partial charge in [0.1, 0.15) is 0 Å². The van der Waals surface area contributed by atoms with Crippen LogP contribution in [0.2, 0.25) is 0 Å². The summed E-state index contributed by atoms with van der Waals surface area (Å²) in [5.74, 6) is -0.280. The van der Waals surface area contributed by atoms with Crippen molar-refractivity contribution in [3.63, 3.8) is 0 Å². The Hall–Kier alpha value is -3.16. The number of hydrogen-bond acceptors (Lipinski definition) is 7. The van der Waals surface area contributed by atoms with E-state index in [1.54, 1.807) is 36.6 Å². The van der Waals surface area contributed by atoms with Gasteiger partial charge in [0.2, 0.25) is 11.8 Å². The first kappa shape index (κ1) is 19.6. The van der Waals surface area contributed by atoms with E-state index in [-0.39, 0.29) is 17.6 Å². The largest absolute Gasteiger partial charge is 0.369 e. The number of carbonyl (C=O) groups is 2. The second-order valence-electron chi connectivity index (χ2n) is 5.85. The predicted molar refractivity (Wildman–Crippen MR) is 108 cm³/mol. The molecule has 0 aliphatic carbocycles. The molecule has 3 rings (SSSR count). The van der Waals surface area contributed by atoms with Crippen molar-refractivity contribution >= 4 is 40.7 Å². The van der Waals surface area contributed by atoms with Crippen LogP contribution in [-0.4, -0.2) is 32.2 Å². The highest BCUT2D eigenvalue weighted by Crippen LogP contribution is 2.27. The van der Waals surface area contributed by atoms with Crippen LogP contribution in [0.1, 0.15) is 18.2 Å². The minimum atomic E-state index is -0.408. The molecule has 1 unspecified atom stereocenters. The van der Waals surface area contributed by atoms with Gasteiger partial charge >= 0.3 is 0 Å². The highest BCUT2D eigenvalue weighted by molar-refractivity contribution is 8.02. The van der Waals surface area contributed by atoms with E-state index in [1.807, 2.05) is 6.07 Å². The Labute approximate surface area is 169 Å². The average Bonchev–Trinajstić information content (AvgIpc) is 3.31. The molecule has 2 aromatic heterocycles. The van der Waals surface area contributed by atoms with Gasteiger partial charge < -0.3 is 11.1 Å². The molecule has 10 heteroatoms. The van der Waals surface area contributed by atoms with Gasteiger partial charge in [-0.1, -0.05) is 23.9 Å². The fourth-order valence-corrected chi connectivity index (χ4v) is 4.21. The number of nitrogens with zero attached hydrogens (tertiary/aromatic N) is 3. The van der Waals surface area contributed by atoms with Gasteiger partial charge in [-0.05, 0) is 19.1 Å². The zero-order valence-electron chi connectivity index (χ0n) is 14.8. The fourth-order valence-electron chi connectivity index (χ4n) is 2.27. The number of amides is 2. The smallest absolute Gasteiger partial charge is 0.231 e. The third kappa shape index (κ3) is 4.97. The summed E-state index contributed by atoms with van der Waals surface area (Å²) >= 11 is 2.63. The highest BCUT2D eigenvalue weighted by atomic mass is 32.2.